The molecular weight excluding hydrogens is 362 g/mol. The molecule has 2 aromatic rings. The summed E-state index contributed by atoms with van der Waals surface area (Å²) in [5, 5.41) is 0. The van der Waals surface area contributed by atoms with E-state index >= 15 is 0 Å². The van der Waals surface area contributed by atoms with Crippen LogP contribution in [0.4, 0.5) is 5.69 Å². The van der Waals surface area contributed by atoms with Gasteiger partial charge in [0.2, 0.25) is 11.8 Å². The summed E-state index contributed by atoms with van der Waals surface area (Å²) >= 11 is 0. The molecule has 1 heterocycles. The van der Waals surface area contributed by atoms with Crippen molar-refractivity contribution in [3.8, 4) is 11.5 Å². The van der Waals surface area contributed by atoms with E-state index in [1.807, 2.05) is 19.1 Å². The molecule has 1 saturated heterocycles. The lowest BCUT2D eigenvalue weighted by molar-refractivity contribution is -0.122. The monoisotopic (exact) mass is 389 g/mol. The lowest BCUT2D eigenvalue weighted by atomic mass is 9.82. The summed E-state index contributed by atoms with van der Waals surface area (Å²) in [4.78, 5) is 27.0. The molecule has 0 radical (unpaired) electrons. The van der Waals surface area contributed by atoms with Crippen molar-refractivity contribution < 1.29 is 14.3 Å². The Morgan fingerprint density at radius 3 is 2.00 bits per heavy atom. The van der Waals surface area contributed by atoms with Crippen molar-refractivity contribution in [1.82, 2.24) is 0 Å². The zero-order valence-electron chi connectivity index (χ0n) is 17.4. The first-order valence-corrected chi connectivity index (χ1v) is 10.2. The molecule has 0 spiro atoms. The van der Waals surface area contributed by atoms with Crippen LogP contribution in [-0.2, 0) is 15.0 Å². The number of hydrogen-bond acceptors (Lipinski definition) is 3. The Kier molecular flexibility index (Phi) is 4.81. The number of imide groups is 1. The second-order valence-corrected chi connectivity index (χ2v) is 9.09. The number of allylic oxidation sites excluding steroid dienone is 2. The van der Waals surface area contributed by atoms with Gasteiger partial charge in [0.1, 0.15) is 11.5 Å². The van der Waals surface area contributed by atoms with E-state index in [0.29, 0.717) is 24.3 Å². The van der Waals surface area contributed by atoms with Gasteiger partial charge >= 0.3 is 0 Å². The van der Waals surface area contributed by atoms with Crippen LogP contribution in [0.15, 0.2) is 60.2 Å². The molecule has 2 unspecified atom stereocenters. The van der Waals surface area contributed by atoms with Crippen molar-refractivity contribution in [2.45, 2.75) is 46.0 Å². The number of benzene rings is 2. The van der Waals surface area contributed by atoms with Crippen LogP contribution in [-0.4, -0.2) is 11.8 Å². The molecule has 0 N–H and O–H groups in total. The normalized spacial score (nSPS) is 21.8. The standard InChI is InChI=1S/C25H27NO3/c1-16-5-14-21-22(15-16)24(28)26(23(21)27)18-8-12-20(13-9-18)29-19-10-6-17(7-11-19)25(2,3)4/h5-13,21-22H,14-15H2,1-4H3. The molecule has 1 fully saturated rings. The van der Waals surface area contributed by atoms with Crippen molar-refractivity contribution in [2.24, 2.45) is 11.8 Å². The van der Waals surface area contributed by atoms with Crippen molar-refractivity contribution in [3.63, 3.8) is 0 Å². The molecule has 2 amide bonds. The van der Waals surface area contributed by atoms with Gasteiger partial charge in [0.25, 0.3) is 0 Å². The molecule has 4 nitrogen and oxygen atoms in total. The highest BCUT2D eigenvalue weighted by Crippen LogP contribution is 2.40. The van der Waals surface area contributed by atoms with Gasteiger partial charge in [-0.15, -0.1) is 0 Å². The van der Waals surface area contributed by atoms with Crippen molar-refractivity contribution in [1.29, 1.82) is 0 Å². The number of fused-ring (bicyclic) bond motifs is 1. The first-order chi connectivity index (χ1) is 13.7. The third-order valence-corrected chi connectivity index (χ3v) is 5.87. The molecule has 2 atom stereocenters. The minimum absolute atomic E-state index is 0.0844. The molecule has 1 aliphatic carbocycles. The Hall–Kier alpha value is -2.88. The summed E-state index contributed by atoms with van der Waals surface area (Å²) in [7, 11) is 0. The Bertz CT molecular complexity index is 965. The van der Waals surface area contributed by atoms with Crippen LogP contribution >= 0.6 is 0 Å². The number of carbonyl (C=O) groups excluding carboxylic acids is 2. The van der Waals surface area contributed by atoms with Crippen LogP contribution < -0.4 is 9.64 Å². The highest BCUT2D eigenvalue weighted by atomic mass is 16.5. The minimum atomic E-state index is -0.219. The molecule has 150 valence electrons. The number of hydrogen-bond donors (Lipinski definition) is 0. The smallest absolute Gasteiger partial charge is 0.238 e. The minimum Gasteiger partial charge on any atom is -0.457 e. The number of nitrogens with zero attached hydrogens (tertiary/aromatic N) is 1. The van der Waals surface area contributed by atoms with Crippen LogP contribution in [0.3, 0.4) is 0 Å². The van der Waals surface area contributed by atoms with Gasteiger partial charge in [0.05, 0.1) is 17.5 Å². The number of rotatable bonds is 3. The zero-order valence-corrected chi connectivity index (χ0v) is 17.4. The summed E-state index contributed by atoms with van der Waals surface area (Å²) in [6.45, 7) is 8.55. The van der Waals surface area contributed by atoms with Gasteiger partial charge in [0.15, 0.2) is 0 Å². The molecule has 0 bridgehead atoms. The van der Waals surface area contributed by atoms with E-state index in [4.69, 9.17) is 4.74 Å². The molecule has 0 aromatic heterocycles. The second-order valence-electron chi connectivity index (χ2n) is 9.09. The molecular formula is C25H27NO3. The number of anilines is 1. The van der Waals surface area contributed by atoms with Gasteiger partial charge in [0, 0.05) is 0 Å². The molecule has 1 aliphatic heterocycles. The molecule has 29 heavy (non-hydrogen) atoms. The molecule has 2 aliphatic rings. The fraction of sp³-hybridized carbons (Fsp3) is 0.360. The Labute approximate surface area is 172 Å². The Balaban J connectivity index is 1.48. The number of ether oxygens (including phenoxy) is 1. The van der Waals surface area contributed by atoms with E-state index in [9.17, 15) is 9.59 Å². The lowest BCUT2D eigenvalue weighted by Crippen LogP contribution is -2.30. The van der Waals surface area contributed by atoms with Gasteiger partial charge in [-0.2, -0.15) is 0 Å². The Morgan fingerprint density at radius 2 is 1.41 bits per heavy atom. The van der Waals surface area contributed by atoms with Gasteiger partial charge in [-0.25, -0.2) is 0 Å². The molecule has 4 heteroatoms. The average Bonchev–Trinajstić information content (AvgIpc) is 2.92. The second kappa shape index (κ2) is 7.18. The summed E-state index contributed by atoms with van der Waals surface area (Å²) < 4.78 is 5.93. The number of carbonyl (C=O) groups is 2. The molecule has 4 rings (SSSR count). The third kappa shape index (κ3) is 3.71. The third-order valence-electron chi connectivity index (χ3n) is 5.87. The van der Waals surface area contributed by atoms with E-state index in [1.165, 1.54) is 16.0 Å². The fourth-order valence-electron chi connectivity index (χ4n) is 4.11. The van der Waals surface area contributed by atoms with E-state index < -0.39 is 0 Å². The molecule has 0 saturated carbocycles. The zero-order chi connectivity index (χ0) is 20.8. The maximum Gasteiger partial charge on any atom is 0.238 e. The average molecular weight is 389 g/mol. The van der Waals surface area contributed by atoms with Gasteiger partial charge in [-0.3, -0.25) is 14.5 Å². The van der Waals surface area contributed by atoms with E-state index in [-0.39, 0.29) is 29.1 Å². The predicted octanol–water partition coefficient (Wildman–Crippen LogP) is 5.62. The SMILES string of the molecule is CC1=CCC2C(=O)N(c3ccc(Oc4ccc(C(C)(C)C)cc4)cc3)C(=O)C2C1. The maximum absolute atomic E-state index is 12.8. The van der Waals surface area contributed by atoms with Gasteiger partial charge < -0.3 is 4.74 Å². The largest absolute Gasteiger partial charge is 0.457 e. The number of amides is 2. The van der Waals surface area contributed by atoms with Crippen LogP contribution in [0, 0.1) is 11.8 Å². The van der Waals surface area contributed by atoms with Crippen LogP contribution in [0.1, 0.15) is 46.1 Å². The van der Waals surface area contributed by atoms with E-state index in [0.717, 1.165) is 5.75 Å². The van der Waals surface area contributed by atoms with Crippen molar-refractivity contribution in [2.75, 3.05) is 4.90 Å². The summed E-state index contributed by atoms with van der Waals surface area (Å²) in [5.41, 5.74) is 3.15. The van der Waals surface area contributed by atoms with Crippen LogP contribution in [0.5, 0.6) is 11.5 Å². The topological polar surface area (TPSA) is 46.6 Å². The van der Waals surface area contributed by atoms with Crippen LogP contribution in [0.25, 0.3) is 0 Å². The van der Waals surface area contributed by atoms with Crippen molar-refractivity contribution in [3.05, 3.63) is 65.7 Å². The summed E-state index contributed by atoms with van der Waals surface area (Å²) in [6, 6.07) is 15.2. The fourth-order valence-corrected chi connectivity index (χ4v) is 4.11. The highest BCUT2D eigenvalue weighted by molar-refractivity contribution is 6.22. The van der Waals surface area contributed by atoms with Crippen molar-refractivity contribution >= 4 is 17.5 Å². The van der Waals surface area contributed by atoms with E-state index in [1.54, 1.807) is 24.3 Å². The first kappa shape index (κ1) is 19.4. The quantitative estimate of drug-likeness (QED) is 0.505. The van der Waals surface area contributed by atoms with E-state index in [2.05, 4.69) is 39.0 Å². The highest BCUT2D eigenvalue weighted by Gasteiger charge is 2.48. The summed E-state index contributed by atoms with van der Waals surface area (Å²) in [6.07, 6.45) is 3.42. The van der Waals surface area contributed by atoms with Crippen LogP contribution in [0.2, 0.25) is 0 Å². The lowest BCUT2D eigenvalue weighted by Gasteiger charge is -2.19. The summed E-state index contributed by atoms with van der Waals surface area (Å²) in [5.74, 6) is 0.820. The van der Waals surface area contributed by atoms with Gasteiger partial charge in [-0.1, -0.05) is 44.6 Å². The first-order valence-electron chi connectivity index (χ1n) is 10.2. The predicted molar refractivity (Wildman–Crippen MR) is 114 cm³/mol. The van der Waals surface area contributed by atoms with Gasteiger partial charge in [-0.05, 0) is 67.1 Å². The Morgan fingerprint density at radius 1 is 0.862 bits per heavy atom. The maximum atomic E-state index is 12.8. The molecule has 2 aromatic carbocycles.